The van der Waals surface area contributed by atoms with Crippen molar-refractivity contribution in [3.8, 4) is 0 Å². The highest BCUT2D eigenvalue weighted by molar-refractivity contribution is 5.79. The molecule has 0 bridgehead atoms. The maximum atomic E-state index is 13.7. The van der Waals surface area contributed by atoms with E-state index in [1.165, 1.54) is 6.07 Å². The van der Waals surface area contributed by atoms with Crippen molar-refractivity contribution in [3.63, 3.8) is 0 Å². The second kappa shape index (κ2) is 9.62. The van der Waals surface area contributed by atoms with Gasteiger partial charge >= 0.3 is 0 Å². The molecule has 2 N–H and O–H groups in total. The Labute approximate surface area is 144 Å². The zero-order chi connectivity index (χ0) is 17.3. The van der Waals surface area contributed by atoms with Crippen LogP contribution in [-0.4, -0.2) is 38.8 Å². The van der Waals surface area contributed by atoms with Crippen molar-refractivity contribution in [2.45, 2.75) is 44.9 Å². The first-order chi connectivity index (χ1) is 11.7. The van der Waals surface area contributed by atoms with E-state index in [0.29, 0.717) is 19.8 Å². The molecule has 0 spiro atoms. The van der Waals surface area contributed by atoms with Crippen LogP contribution in [0.15, 0.2) is 29.3 Å². The number of hydrogen-bond acceptors (Lipinski definition) is 2. The Morgan fingerprint density at radius 2 is 2.04 bits per heavy atom. The highest BCUT2D eigenvalue weighted by atomic mass is 19.1. The molecule has 1 heterocycles. The highest BCUT2D eigenvalue weighted by Gasteiger charge is 2.34. The molecule has 1 aromatic rings. The van der Waals surface area contributed by atoms with Crippen molar-refractivity contribution in [2.75, 3.05) is 32.8 Å². The smallest absolute Gasteiger partial charge is 0.191 e. The van der Waals surface area contributed by atoms with Gasteiger partial charge in [0.25, 0.3) is 0 Å². The van der Waals surface area contributed by atoms with Crippen LogP contribution < -0.4 is 10.6 Å². The average Bonchev–Trinajstić information content (AvgIpc) is 2.61. The van der Waals surface area contributed by atoms with Gasteiger partial charge in [0.2, 0.25) is 0 Å². The van der Waals surface area contributed by atoms with Crippen LogP contribution in [0.1, 0.15) is 45.1 Å². The van der Waals surface area contributed by atoms with Crippen molar-refractivity contribution < 1.29 is 9.13 Å². The summed E-state index contributed by atoms with van der Waals surface area (Å²) in [4.78, 5) is 4.80. The second-order valence-corrected chi connectivity index (χ2v) is 6.38. The molecule has 0 aliphatic carbocycles. The molecule has 0 aromatic heterocycles. The lowest BCUT2D eigenvalue weighted by Gasteiger charge is -2.36. The zero-order valence-electron chi connectivity index (χ0n) is 14.9. The van der Waals surface area contributed by atoms with Gasteiger partial charge in [0, 0.05) is 31.7 Å². The van der Waals surface area contributed by atoms with Gasteiger partial charge in [0.15, 0.2) is 5.96 Å². The molecule has 1 aliphatic heterocycles. The Bertz CT molecular complexity index is 527. The molecule has 5 heteroatoms. The minimum Gasteiger partial charge on any atom is -0.381 e. The van der Waals surface area contributed by atoms with Crippen molar-refractivity contribution in [1.82, 2.24) is 10.6 Å². The van der Waals surface area contributed by atoms with Gasteiger partial charge in [-0.2, -0.15) is 0 Å². The van der Waals surface area contributed by atoms with E-state index in [-0.39, 0.29) is 11.2 Å². The number of aliphatic imine (C=N–C) groups is 1. The molecule has 1 aliphatic rings. The first-order valence-corrected chi connectivity index (χ1v) is 9.06. The van der Waals surface area contributed by atoms with Crippen LogP contribution in [-0.2, 0) is 10.2 Å². The summed E-state index contributed by atoms with van der Waals surface area (Å²) in [7, 11) is 0. The summed E-state index contributed by atoms with van der Waals surface area (Å²) < 4.78 is 19.3. The number of nitrogens with one attached hydrogen (secondary N) is 2. The SMILES string of the molecule is CCCCNC(=NCC1(c2cccc(F)c2)CCOCC1)NCC. The van der Waals surface area contributed by atoms with Crippen LogP contribution in [0.4, 0.5) is 4.39 Å². The minimum atomic E-state index is -0.185. The molecule has 1 saturated heterocycles. The standard InChI is InChI=1S/C19H30FN3O/c1-3-5-11-22-18(21-4-2)23-15-19(9-12-24-13-10-19)16-7-6-8-17(20)14-16/h6-8,14H,3-5,9-13,15H2,1-2H3,(H2,21,22,23). The number of guanidine groups is 1. The summed E-state index contributed by atoms with van der Waals surface area (Å²) in [5.74, 6) is 0.656. The molecule has 4 nitrogen and oxygen atoms in total. The number of benzene rings is 1. The summed E-state index contributed by atoms with van der Waals surface area (Å²) >= 11 is 0. The molecule has 1 aromatic carbocycles. The van der Waals surface area contributed by atoms with Crippen molar-refractivity contribution >= 4 is 5.96 Å². The highest BCUT2D eigenvalue weighted by Crippen LogP contribution is 2.35. The maximum Gasteiger partial charge on any atom is 0.191 e. The molecule has 24 heavy (non-hydrogen) atoms. The molecular formula is C19H30FN3O. The van der Waals surface area contributed by atoms with Gasteiger partial charge in [-0.3, -0.25) is 4.99 Å². The predicted molar refractivity (Wildman–Crippen MR) is 97.0 cm³/mol. The fourth-order valence-electron chi connectivity index (χ4n) is 3.07. The lowest BCUT2D eigenvalue weighted by molar-refractivity contribution is 0.0530. The number of hydrogen-bond donors (Lipinski definition) is 2. The Kier molecular flexibility index (Phi) is 7.50. The summed E-state index contributed by atoms with van der Waals surface area (Å²) in [6.07, 6.45) is 4.01. The van der Waals surface area contributed by atoms with E-state index >= 15 is 0 Å². The topological polar surface area (TPSA) is 45.7 Å². The number of halogens is 1. The molecule has 1 fully saturated rings. The van der Waals surface area contributed by atoms with E-state index < -0.39 is 0 Å². The van der Waals surface area contributed by atoms with Crippen molar-refractivity contribution in [3.05, 3.63) is 35.6 Å². The van der Waals surface area contributed by atoms with Gasteiger partial charge in [-0.25, -0.2) is 4.39 Å². The molecule has 0 amide bonds. The van der Waals surface area contributed by atoms with Gasteiger partial charge in [0.1, 0.15) is 5.82 Å². The molecule has 0 saturated carbocycles. The predicted octanol–water partition coefficient (Wildman–Crippen LogP) is 3.23. The number of unbranched alkanes of at least 4 members (excludes halogenated alkanes) is 1. The maximum absolute atomic E-state index is 13.7. The van der Waals surface area contributed by atoms with Gasteiger partial charge in [0.05, 0.1) is 6.54 Å². The number of rotatable bonds is 7. The van der Waals surface area contributed by atoms with Gasteiger partial charge in [-0.1, -0.05) is 25.5 Å². The van der Waals surface area contributed by atoms with Gasteiger partial charge < -0.3 is 15.4 Å². The fraction of sp³-hybridized carbons (Fsp3) is 0.632. The molecular weight excluding hydrogens is 305 g/mol. The first-order valence-electron chi connectivity index (χ1n) is 9.06. The Balaban J connectivity index is 2.16. The molecule has 0 unspecified atom stereocenters. The summed E-state index contributed by atoms with van der Waals surface area (Å²) in [6, 6.07) is 6.95. The number of ether oxygens (including phenoxy) is 1. The average molecular weight is 335 g/mol. The van der Waals surface area contributed by atoms with E-state index in [0.717, 1.165) is 50.3 Å². The van der Waals surface area contributed by atoms with Crippen LogP contribution >= 0.6 is 0 Å². The van der Waals surface area contributed by atoms with E-state index in [9.17, 15) is 4.39 Å². The van der Waals surface area contributed by atoms with E-state index in [1.54, 1.807) is 12.1 Å². The lowest BCUT2D eigenvalue weighted by Crippen LogP contribution is -2.41. The molecule has 2 rings (SSSR count). The molecule has 0 atom stereocenters. The summed E-state index contributed by atoms with van der Waals surface area (Å²) in [5, 5.41) is 6.67. The van der Waals surface area contributed by atoms with Crippen LogP contribution in [0.25, 0.3) is 0 Å². The Morgan fingerprint density at radius 3 is 2.71 bits per heavy atom. The second-order valence-electron chi connectivity index (χ2n) is 6.38. The third kappa shape index (κ3) is 5.20. The van der Waals surface area contributed by atoms with Crippen LogP contribution in [0.2, 0.25) is 0 Å². The largest absolute Gasteiger partial charge is 0.381 e. The minimum absolute atomic E-state index is 0.145. The quantitative estimate of drug-likeness (QED) is 0.457. The summed E-state index contributed by atoms with van der Waals surface area (Å²) in [5.41, 5.74) is 0.881. The van der Waals surface area contributed by atoms with Gasteiger partial charge in [-0.15, -0.1) is 0 Å². The molecule has 134 valence electrons. The normalized spacial score (nSPS) is 17.5. The van der Waals surface area contributed by atoms with Crippen LogP contribution in [0, 0.1) is 5.82 Å². The van der Waals surface area contributed by atoms with Crippen molar-refractivity contribution in [2.24, 2.45) is 4.99 Å². The zero-order valence-corrected chi connectivity index (χ0v) is 14.9. The van der Waals surface area contributed by atoms with Gasteiger partial charge in [-0.05, 0) is 43.9 Å². The third-order valence-corrected chi connectivity index (χ3v) is 4.59. The van der Waals surface area contributed by atoms with E-state index in [1.807, 2.05) is 6.07 Å². The Hall–Kier alpha value is -1.62. The first kappa shape index (κ1) is 18.7. The monoisotopic (exact) mass is 335 g/mol. The fourth-order valence-corrected chi connectivity index (χ4v) is 3.07. The number of nitrogens with zero attached hydrogens (tertiary/aromatic N) is 1. The molecule has 0 radical (unpaired) electrons. The Morgan fingerprint density at radius 1 is 1.25 bits per heavy atom. The van der Waals surface area contributed by atoms with E-state index in [2.05, 4.69) is 24.5 Å². The van der Waals surface area contributed by atoms with Crippen molar-refractivity contribution in [1.29, 1.82) is 0 Å². The van der Waals surface area contributed by atoms with Crippen LogP contribution in [0.3, 0.4) is 0 Å². The van der Waals surface area contributed by atoms with E-state index in [4.69, 9.17) is 9.73 Å². The third-order valence-electron chi connectivity index (χ3n) is 4.59. The lowest BCUT2D eigenvalue weighted by atomic mass is 9.74. The van der Waals surface area contributed by atoms with Crippen LogP contribution in [0.5, 0.6) is 0 Å². The summed E-state index contributed by atoms with van der Waals surface area (Å²) in [6.45, 7) is 8.02.